The Labute approximate surface area is 89.8 Å². The summed E-state index contributed by atoms with van der Waals surface area (Å²) < 4.78 is 5.23. The van der Waals surface area contributed by atoms with Crippen LogP contribution in [-0.2, 0) is 0 Å². The first-order chi connectivity index (χ1) is 6.74. The minimum atomic E-state index is 0.547. The SMILES string of the molecule is C=CCNCC(C)Sc1ccoc1C. The van der Waals surface area contributed by atoms with Crippen molar-refractivity contribution in [2.75, 3.05) is 13.1 Å². The van der Waals surface area contributed by atoms with E-state index in [0.29, 0.717) is 5.25 Å². The Balaban J connectivity index is 2.30. The number of furan rings is 1. The second-order valence-electron chi connectivity index (χ2n) is 3.22. The molecular weight excluding hydrogens is 194 g/mol. The molecule has 1 atom stereocenters. The molecule has 0 aliphatic heterocycles. The molecular formula is C11H17NOS. The molecule has 14 heavy (non-hydrogen) atoms. The lowest BCUT2D eigenvalue weighted by Gasteiger charge is -2.10. The van der Waals surface area contributed by atoms with Crippen LogP contribution in [0.1, 0.15) is 12.7 Å². The summed E-state index contributed by atoms with van der Waals surface area (Å²) in [4.78, 5) is 1.23. The highest BCUT2D eigenvalue weighted by Gasteiger charge is 2.07. The Morgan fingerprint density at radius 2 is 2.50 bits per heavy atom. The summed E-state index contributed by atoms with van der Waals surface area (Å²) in [5, 5.41) is 3.84. The van der Waals surface area contributed by atoms with E-state index in [1.165, 1.54) is 4.90 Å². The minimum Gasteiger partial charge on any atom is -0.468 e. The fraction of sp³-hybridized carbons (Fsp3) is 0.455. The van der Waals surface area contributed by atoms with Gasteiger partial charge in [0.05, 0.1) is 6.26 Å². The zero-order chi connectivity index (χ0) is 10.4. The predicted molar refractivity (Wildman–Crippen MR) is 61.8 cm³/mol. The standard InChI is InChI=1S/C11H17NOS/c1-4-6-12-8-9(2)14-11-5-7-13-10(11)3/h4-5,7,9,12H,1,6,8H2,2-3H3. The van der Waals surface area contributed by atoms with Gasteiger partial charge in [-0.25, -0.2) is 0 Å². The fourth-order valence-electron chi connectivity index (χ4n) is 1.14. The van der Waals surface area contributed by atoms with Crippen LogP contribution in [0.3, 0.4) is 0 Å². The second-order valence-corrected chi connectivity index (χ2v) is 4.70. The van der Waals surface area contributed by atoms with Crippen LogP contribution in [0, 0.1) is 6.92 Å². The Hall–Kier alpha value is -0.670. The highest BCUT2D eigenvalue weighted by atomic mass is 32.2. The lowest BCUT2D eigenvalue weighted by atomic mass is 10.4. The van der Waals surface area contributed by atoms with Crippen molar-refractivity contribution in [2.45, 2.75) is 24.0 Å². The molecule has 1 heterocycles. The molecule has 0 aliphatic rings. The Morgan fingerprint density at radius 1 is 1.71 bits per heavy atom. The Bertz CT molecular complexity index is 283. The van der Waals surface area contributed by atoms with Crippen molar-refractivity contribution in [3.8, 4) is 0 Å². The molecule has 0 fully saturated rings. The molecule has 2 nitrogen and oxygen atoms in total. The van der Waals surface area contributed by atoms with Gasteiger partial charge in [-0.3, -0.25) is 0 Å². The van der Waals surface area contributed by atoms with Crippen molar-refractivity contribution in [3.63, 3.8) is 0 Å². The monoisotopic (exact) mass is 211 g/mol. The average Bonchev–Trinajstić information content (AvgIpc) is 2.52. The highest BCUT2D eigenvalue weighted by Crippen LogP contribution is 2.26. The largest absolute Gasteiger partial charge is 0.468 e. The van der Waals surface area contributed by atoms with Gasteiger partial charge in [-0.05, 0) is 13.0 Å². The quantitative estimate of drug-likeness (QED) is 0.445. The third-order valence-corrected chi connectivity index (χ3v) is 3.11. The first-order valence-electron chi connectivity index (χ1n) is 4.76. The smallest absolute Gasteiger partial charge is 0.114 e. The molecule has 0 spiro atoms. The molecule has 1 aromatic rings. The predicted octanol–water partition coefficient (Wildman–Crippen LogP) is 2.84. The number of aryl methyl sites for hydroxylation is 1. The fourth-order valence-corrected chi connectivity index (χ4v) is 2.13. The number of hydrogen-bond donors (Lipinski definition) is 1. The molecule has 1 aromatic heterocycles. The lowest BCUT2D eigenvalue weighted by Crippen LogP contribution is -2.22. The van der Waals surface area contributed by atoms with Gasteiger partial charge in [0, 0.05) is 23.2 Å². The van der Waals surface area contributed by atoms with Gasteiger partial charge in [-0.1, -0.05) is 13.0 Å². The van der Waals surface area contributed by atoms with Crippen LogP contribution in [0.25, 0.3) is 0 Å². The topological polar surface area (TPSA) is 25.2 Å². The van der Waals surface area contributed by atoms with Gasteiger partial charge in [-0.2, -0.15) is 0 Å². The van der Waals surface area contributed by atoms with E-state index in [1.54, 1.807) is 6.26 Å². The summed E-state index contributed by atoms with van der Waals surface area (Å²) in [6.45, 7) is 9.71. The van der Waals surface area contributed by atoms with Gasteiger partial charge in [0.1, 0.15) is 5.76 Å². The van der Waals surface area contributed by atoms with Crippen molar-refractivity contribution in [3.05, 3.63) is 30.7 Å². The number of hydrogen-bond acceptors (Lipinski definition) is 3. The van der Waals surface area contributed by atoms with Crippen molar-refractivity contribution >= 4 is 11.8 Å². The second kappa shape index (κ2) is 5.94. The van der Waals surface area contributed by atoms with Crippen LogP contribution in [-0.4, -0.2) is 18.3 Å². The van der Waals surface area contributed by atoms with Crippen LogP contribution in [0.15, 0.2) is 34.3 Å². The van der Waals surface area contributed by atoms with Crippen molar-refractivity contribution < 1.29 is 4.42 Å². The highest BCUT2D eigenvalue weighted by molar-refractivity contribution is 8.00. The van der Waals surface area contributed by atoms with Gasteiger partial charge in [0.2, 0.25) is 0 Å². The zero-order valence-electron chi connectivity index (χ0n) is 8.75. The van der Waals surface area contributed by atoms with E-state index >= 15 is 0 Å². The van der Waals surface area contributed by atoms with E-state index in [1.807, 2.05) is 30.8 Å². The molecule has 1 rings (SSSR count). The van der Waals surface area contributed by atoms with Gasteiger partial charge >= 0.3 is 0 Å². The summed E-state index contributed by atoms with van der Waals surface area (Å²) in [6.07, 6.45) is 3.61. The minimum absolute atomic E-state index is 0.547. The number of nitrogens with one attached hydrogen (secondary N) is 1. The molecule has 1 N–H and O–H groups in total. The summed E-state index contributed by atoms with van der Waals surface area (Å²) in [7, 11) is 0. The van der Waals surface area contributed by atoms with Crippen LogP contribution < -0.4 is 5.32 Å². The van der Waals surface area contributed by atoms with E-state index in [2.05, 4.69) is 18.8 Å². The molecule has 0 bridgehead atoms. The van der Waals surface area contributed by atoms with E-state index in [9.17, 15) is 0 Å². The Kier molecular flexibility index (Phi) is 4.84. The lowest BCUT2D eigenvalue weighted by molar-refractivity contribution is 0.526. The normalized spacial score (nSPS) is 12.7. The summed E-state index contributed by atoms with van der Waals surface area (Å²) in [5.74, 6) is 1.01. The van der Waals surface area contributed by atoms with Gasteiger partial charge in [-0.15, -0.1) is 18.3 Å². The summed E-state index contributed by atoms with van der Waals surface area (Å²) in [6, 6.07) is 2.02. The van der Waals surface area contributed by atoms with E-state index in [-0.39, 0.29) is 0 Å². The molecule has 0 aliphatic carbocycles. The zero-order valence-corrected chi connectivity index (χ0v) is 9.56. The van der Waals surface area contributed by atoms with Crippen LogP contribution in [0.2, 0.25) is 0 Å². The van der Waals surface area contributed by atoms with Gasteiger partial charge in [0.15, 0.2) is 0 Å². The molecule has 0 amide bonds. The van der Waals surface area contributed by atoms with Crippen LogP contribution in [0.4, 0.5) is 0 Å². The van der Waals surface area contributed by atoms with Crippen molar-refractivity contribution in [2.24, 2.45) is 0 Å². The molecule has 0 radical (unpaired) electrons. The molecule has 0 saturated heterocycles. The maximum absolute atomic E-state index is 5.23. The first kappa shape index (κ1) is 11.4. The summed E-state index contributed by atoms with van der Waals surface area (Å²) >= 11 is 1.84. The maximum Gasteiger partial charge on any atom is 0.114 e. The number of thioether (sulfide) groups is 1. The maximum atomic E-state index is 5.23. The van der Waals surface area contributed by atoms with Crippen molar-refractivity contribution in [1.82, 2.24) is 5.32 Å². The molecule has 0 aromatic carbocycles. The third kappa shape index (κ3) is 3.60. The molecule has 1 unspecified atom stereocenters. The number of rotatable bonds is 6. The van der Waals surface area contributed by atoms with Gasteiger partial charge < -0.3 is 9.73 Å². The molecule has 78 valence electrons. The van der Waals surface area contributed by atoms with E-state index < -0.39 is 0 Å². The Morgan fingerprint density at radius 3 is 3.07 bits per heavy atom. The summed E-state index contributed by atoms with van der Waals surface area (Å²) in [5.41, 5.74) is 0. The molecule has 3 heteroatoms. The van der Waals surface area contributed by atoms with Crippen LogP contribution >= 0.6 is 11.8 Å². The van der Waals surface area contributed by atoms with Crippen LogP contribution in [0.5, 0.6) is 0 Å². The molecule has 0 saturated carbocycles. The van der Waals surface area contributed by atoms with E-state index in [0.717, 1.165) is 18.8 Å². The van der Waals surface area contributed by atoms with Gasteiger partial charge in [0.25, 0.3) is 0 Å². The van der Waals surface area contributed by atoms with E-state index in [4.69, 9.17) is 4.42 Å². The average molecular weight is 211 g/mol. The van der Waals surface area contributed by atoms with Crippen molar-refractivity contribution in [1.29, 1.82) is 0 Å². The first-order valence-corrected chi connectivity index (χ1v) is 5.64. The third-order valence-electron chi connectivity index (χ3n) is 1.86.